The first kappa shape index (κ1) is 12.3. The van der Waals surface area contributed by atoms with Gasteiger partial charge >= 0.3 is 0 Å². The van der Waals surface area contributed by atoms with Gasteiger partial charge in [-0.2, -0.15) is 11.8 Å². The van der Waals surface area contributed by atoms with Gasteiger partial charge in [0, 0.05) is 24.9 Å². The van der Waals surface area contributed by atoms with Crippen molar-refractivity contribution in [3.8, 4) is 0 Å². The number of hydrogen-bond acceptors (Lipinski definition) is 3. The Hall–Kier alpha value is 0.270. The normalized spacial score (nSPS) is 29.8. The van der Waals surface area contributed by atoms with Crippen LogP contribution in [0.1, 0.15) is 20.3 Å². The van der Waals surface area contributed by atoms with Crippen molar-refractivity contribution in [2.24, 2.45) is 5.41 Å². The number of rotatable bonds is 5. The van der Waals surface area contributed by atoms with Crippen LogP contribution in [0.2, 0.25) is 0 Å². The quantitative estimate of drug-likeness (QED) is 0.752. The van der Waals surface area contributed by atoms with Crippen LogP contribution in [0.5, 0.6) is 0 Å². The first-order valence-corrected chi connectivity index (χ1v) is 6.87. The van der Waals surface area contributed by atoms with E-state index in [2.05, 4.69) is 37.4 Å². The van der Waals surface area contributed by atoms with E-state index in [4.69, 9.17) is 0 Å². The SMILES string of the molecule is CSCC(C)N(C)CC1(C)CCNC1. The first-order chi connectivity index (χ1) is 6.57. The second-order valence-electron chi connectivity index (χ2n) is 4.96. The highest BCUT2D eigenvalue weighted by atomic mass is 32.2. The predicted octanol–water partition coefficient (Wildman–Crippen LogP) is 1.67. The smallest absolute Gasteiger partial charge is 0.0155 e. The molecular formula is C11H24N2S. The van der Waals surface area contributed by atoms with E-state index in [-0.39, 0.29) is 0 Å². The van der Waals surface area contributed by atoms with Gasteiger partial charge in [-0.25, -0.2) is 0 Å². The molecule has 2 nitrogen and oxygen atoms in total. The molecule has 1 heterocycles. The van der Waals surface area contributed by atoms with Gasteiger partial charge in [0.1, 0.15) is 0 Å². The molecule has 2 atom stereocenters. The summed E-state index contributed by atoms with van der Waals surface area (Å²) in [5.74, 6) is 1.24. The van der Waals surface area contributed by atoms with Crippen LogP contribution < -0.4 is 5.32 Å². The summed E-state index contributed by atoms with van der Waals surface area (Å²) < 4.78 is 0. The van der Waals surface area contributed by atoms with E-state index in [0.717, 1.165) is 0 Å². The molecular weight excluding hydrogens is 192 g/mol. The lowest BCUT2D eigenvalue weighted by Crippen LogP contribution is -2.40. The summed E-state index contributed by atoms with van der Waals surface area (Å²) in [6, 6.07) is 0.697. The molecule has 1 fully saturated rings. The van der Waals surface area contributed by atoms with Crippen molar-refractivity contribution >= 4 is 11.8 Å². The molecule has 1 aliphatic heterocycles. The molecule has 0 aromatic heterocycles. The van der Waals surface area contributed by atoms with E-state index in [9.17, 15) is 0 Å². The number of nitrogens with zero attached hydrogens (tertiary/aromatic N) is 1. The highest BCUT2D eigenvalue weighted by Crippen LogP contribution is 2.26. The molecule has 0 aromatic rings. The van der Waals surface area contributed by atoms with Crippen molar-refractivity contribution in [3.63, 3.8) is 0 Å². The largest absolute Gasteiger partial charge is 0.316 e. The molecule has 0 amide bonds. The average Bonchev–Trinajstić information content (AvgIpc) is 2.52. The van der Waals surface area contributed by atoms with Crippen LogP contribution >= 0.6 is 11.8 Å². The summed E-state index contributed by atoms with van der Waals surface area (Å²) >= 11 is 1.94. The first-order valence-electron chi connectivity index (χ1n) is 5.47. The van der Waals surface area contributed by atoms with Crippen molar-refractivity contribution in [1.29, 1.82) is 0 Å². The minimum absolute atomic E-state index is 0.501. The van der Waals surface area contributed by atoms with Gasteiger partial charge in [-0.15, -0.1) is 0 Å². The van der Waals surface area contributed by atoms with E-state index < -0.39 is 0 Å². The second kappa shape index (κ2) is 5.38. The van der Waals surface area contributed by atoms with Crippen molar-refractivity contribution in [2.45, 2.75) is 26.3 Å². The fraction of sp³-hybridized carbons (Fsp3) is 1.00. The van der Waals surface area contributed by atoms with E-state index >= 15 is 0 Å². The van der Waals surface area contributed by atoms with Crippen LogP contribution in [0.3, 0.4) is 0 Å². The Morgan fingerprint density at radius 1 is 1.57 bits per heavy atom. The maximum Gasteiger partial charge on any atom is 0.0155 e. The number of hydrogen-bond donors (Lipinski definition) is 1. The van der Waals surface area contributed by atoms with Crippen molar-refractivity contribution in [1.82, 2.24) is 10.2 Å². The zero-order valence-corrected chi connectivity index (χ0v) is 10.8. The molecule has 0 aliphatic carbocycles. The molecule has 0 spiro atoms. The van der Waals surface area contributed by atoms with E-state index in [1.807, 2.05) is 11.8 Å². The summed E-state index contributed by atoms with van der Waals surface area (Å²) in [5, 5.41) is 3.46. The van der Waals surface area contributed by atoms with Gasteiger partial charge in [-0.3, -0.25) is 0 Å². The zero-order valence-electron chi connectivity index (χ0n) is 9.97. The van der Waals surface area contributed by atoms with Crippen molar-refractivity contribution < 1.29 is 0 Å². The fourth-order valence-electron chi connectivity index (χ4n) is 2.13. The highest BCUT2D eigenvalue weighted by Gasteiger charge is 2.30. The molecule has 0 radical (unpaired) electrons. The Balaban J connectivity index is 2.34. The molecule has 0 saturated carbocycles. The Labute approximate surface area is 92.8 Å². The Morgan fingerprint density at radius 2 is 2.29 bits per heavy atom. The van der Waals surface area contributed by atoms with Crippen LogP contribution in [0, 0.1) is 5.41 Å². The summed E-state index contributed by atoms with van der Waals surface area (Å²) in [7, 11) is 2.25. The summed E-state index contributed by atoms with van der Waals surface area (Å²) in [5.41, 5.74) is 0.501. The molecule has 2 unspecified atom stereocenters. The molecule has 0 aromatic carbocycles. The highest BCUT2D eigenvalue weighted by molar-refractivity contribution is 7.98. The maximum absolute atomic E-state index is 3.46. The lowest BCUT2D eigenvalue weighted by Gasteiger charge is -2.32. The van der Waals surface area contributed by atoms with Crippen LogP contribution in [-0.2, 0) is 0 Å². The topological polar surface area (TPSA) is 15.3 Å². The van der Waals surface area contributed by atoms with Crippen molar-refractivity contribution in [2.75, 3.05) is 38.7 Å². The summed E-state index contributed by atoms with van der Waals surface area (Å²) in [6.07, 6.45) is 3.51. The van der Waals surface area contributed by atoms with Crippen molar-refractivity contribution in [3.05, 3.63) is 0 Å². The summed E-state index contributed by atoms with van der Waals surface area (Å²) in [4.78, 5) is 2.50. The van der Waals surface area contributed by atoms with Crippen LogP contribution in [0.4, 0.5) is 0 Å². The molecule has 1 N–H and O–H groups in total. The van der Waals surface area contributed by atoms with Gasteiger partial charge in [0.15, 0.2) is 0 Å². The molecule has 1 saturated heterocycles. The average molecular weight is 216 g/mol. The summed E-state index contributed by atoms with van der Waals surface area (Å²) in [6.45, 7) is 8.32. The van der Waals surface area contributed by atoms with Gasteiger partial charge in [0.25, 0.3) is 0 Å². The molecule has 1 rings (SSSR count). The number of nitrogens with one attached hydrogen (secondary N) is 1. The Morgan fingerprint density at radius 3 is 2.79 bits per heavy atom. The minimum Gasteiger partial charge on any atom is -0.316 e. The fourth-order valence-corrected chi connectivity index (χ4v) is 2.87. The van der Waals surface area contributed by atoms with Gasteiger partial charge in [0.05, 0.1) is 0 Å². The molecule has 0 bridgehead atoms. The monoisotopic (exact) mass is 216 g/mol. The third-order valence-corrected chi connectivity index (χ3v) is 4.06. The lowest BCUT2D eigenvalue weighted by atomic mass is 9.89. The van der Waals surface area contributed by atoms with Crippen LogP contribution in [0.25, 0.3) is 0 Å². The van der Waals surface area contributed by atoms with E-state index in [0.29, 0.717) is 11.5 Å². The predicted molar refractivity (Wildman–Crippen MR) is 66.1 cm³/mol. The van der Waals surface area contributed by atoms with Gasteiger partial charge < -0.3 is 10.2 Å². The Bertz CT molecular complexity index is 167. The van der Waals surface area contributed by atoms with E-state index in [1.54, 1.807) is 0 Å². The minimum atomic E-state index is 0.501. The Kier molecular flexibility index (Phi) is 4.74. The molecule has 1 aliphatic rings. The van der Waals surface area contributed by atoms with Crippen LogP contribution in [0.15, 0.2) is 0 Å². The lowest BCUT2D eigenvalue weighted by molar-refractivity contribution is 0.179. The second-order valence-corrected chi connectivity index (χ2v) is 5.87. The molecule has 84 valence electrons. The third kappa shape index (κ3) is 3.44. The third-order valence-electron chi connectivity index (χ3n) is 3.25. The van der Waals surface area contributed by atoms with Gasteiger partial charge in [-0.05, 0) is 38.6 Å². The van der Waals surface area contributed by atoms with Gasteiger partial charge in [-0.1, -0.05) is 6.92 Å². The van der Waals surface area contributed by atoms with Gasteiger partial charge in [0.2, 0.25) is 0 Å². The maximum atomic E-state index is 3.46. The number of thioether (sulfide) groups is 1. The molecule has 3 heteroatoms. The van der Waals surface area contributed by atoms with E-state index in [1.165, 1.54) is 31.8 Å². The zero-order chi connectivity index (χ0) is 10.6. The standard InChI is InChI=1S/C11H24N2S/c1-10(7-14-4)13(3)9-11(2)5-6-12-8-11/h10,12H,5-9H2,1-4H3. The van der Waals surface area contributed by atoms with Crippen LogP contribution in [-0.4, -0.2) is 49.6 Å². The molecule has 14 heavy (non-hydrogen) atoms.